The summed E-state index contributed by atoms with van der Waals surface area (Å²) in [5.41, 5.74) is 3.42. The standard InChI is InChI=1S/C38H34O10/c1-21(2)35(39)45-31-13-9-29(10-14-31)43-33-23(5)17-27(18-24(33)6)37(41)47-48-38(42)28-19-25(7)34(26(8)20-28)44-30-11-15-32(16-12-30)46-36(40)22(3)4/h9-20H,1,3H2,2,4-8H3. The molecule has 0 saturated carbocycles. The lowest BCUT2D eigenvalue weighted by Crippen LogP contribution is -2.13. The van der Waals surface area contributed by atoms with Gasteiger partial charge in [0.15, 0.2) is 0 Å². The van der Waals surface area contributed by atoms with Crippen molar-refractivity contribution in [1.82, 2.24) is 0 Å². The molecule has 10 heteroatoms. The van der Waals surface area contributed by atoms with Crippen molar-refractivity contribution in [3.63, 3.8) is 0 Å². The molecule has 0 aliphatic carbocycles. The van der Waals surface area contributed by atoms with E-state index in [1.165, 1.54) is 0 Å². The summed E-state index contributed by atoms with van der Waals surface area (Å²) in [4.78, 5) is 58.8. The third-order valence-corrected chi connectivity index (χ3v) is 6.79. The number of aryl methyl sites for hydroxylation is 4. The molecule has 4 aromatic rings. The van der Waals surface area contributed by atoms with E-state index in [4.69, 9.17) is 28.7 Å². The summed E-state index contributed by atoms with van der Waals surface area (Å²) in [7, 11) is 0. The van der Waals surface area contributed by atoms with E-state index in [0.717, 1.165) is 0 Å². The fourth-order valence-corrected chi connectivity index (χ4v) is 4.41. The lowest BCUT2D eigenvalue weighted by Gasteiger charge is -2.14. The van der Waals surface area contributed by atoms with Gasteiger partial charge in [0, 0.05) is 11.1 Å². The van der Waals surface area contributed by atoms with Gasteiger partial charge in [-0.25, -0.2) is 29.0 Å². The third-order valence-electron chi connectivity index (χ3n) is 6.79. The van der Waals surface area contributed by atoms with Gasteiger partial charge in [0.25, 0.3) is 0 Å². The maximum atomic E-state index is 12.8. The Balaban J connectivity index is 1.36. The Labute approximate surface area is 278 Å². The average Bonchev–Trinajstić information content (AvgIpc) is 3.04. The van der Waals surface area contributed by atoms with Crippen molar-refractivity contribution < 1.29 is 47.9 Å². The van der Waals surface area contributed by atoms with Crippen LogP contribution in [0.5, 0.6) is 34.5 Å². The normalized spacial score (nSPS) is 10.4. The number of hydrogen-bond donors (Lipinski definition) is 0. The predicted molar refractivity (Wildman–Crippen MR) is 177 cm³/mol. The smallest absolute Gasteiger partial charge is 0.386 e. The van der Waals surface area contributed by atoms with Crippen LogP contribution in [0, 0.1) is 27.7 Å². The topological polar surface area (TPSA) is 124 Å². The van der Waals surface area contributed by atoms with Gasteiger partial charge in [0.1, 0.15) is 34.5 Å². The Kier molecular flexibility index (Phi) is 10.8. The monoisotopic (exact) mass is 650 g/mol. The predicted octanol–water partition coefficient (Wildman–Crippen LogP) is 8.40. The second-order valence-electron chi connectivity index (χ2n) is 11.1. The molecule has 0 N–H and O–H groups in total. The van der Waals surface area contributed by atoms with E-state index < -0.39 is 23.9 Å². The van der Waals surface area contributed by atoms with Gasteiger partial charge in [-0.2, -0.15) is 0 Å². The summed E-state index contributed by atoms with van der Waals surface area (Å²) < 4.78 is 22.4. The van der Waals surface area contributed by atoms with Crippen molar-refractivity contribution in [3.8, 4) is 34.5 Å². The Morgan fingerprint density at radius 1 is 0.479 bits per heavy atom. The van der Waals surface area contributed by atoms with Crippen LogP contribution in [0.1, 0.15) is 56.8 Å². The highest BCUT2D eigenvalue weighted by Crippen LogP contribution is 2.33. The molecule has 10 nitrogen and oxygen atoms in total. The minimum Gasteiger partial charge on any atom is -0.457 e. The highest BCUT2D eigenvalue weighted by atomic mass is 17.2. The van der Waals surface area contributed by atoms with Gasteiger partial charge >= 0.3 is 23.9 Å². The molecular weight excluding hydrogens is 616 g/mol. The number of benzene rings is 4. The van der Waals surface area contributed by atoms with Gasteiger partial charge < -0.3 is 18.9 Å². The molecule has 0 aliphatic rings. The number of carbonyl (C=O) groups is 4. The van der Waals surface area contributed by atoms with Crippen molar-refractivity contribution in [2.45, 2.75) is 41.5 Å². The van der Waals surface area contributed by atoms with Gasteiger partial charge in [-0.1, -0.05) is 13.2 Å². The highest BCUT2D eigenvalue weighted by Gasteiger charge is 2.19. The van der Waals surface area contributed by atoms with Crippen molar-refractivity contribution >= 4 is 23.9 Å². The van der Waals surface area contributed by atoms with E-state index in [1.54, 1.807) is 114 Å². The van der Waals surface area contributed by atoms with E-state index in [0.29, 0.717) is 56.8 Å². The number of esters is 2. The van der Waals surface area contributed by atoms with Crippen molar-refractivity contribution in [2.24, 2.45) is 0 Å². The SMILES string of the molecule is C=C(C)C(=O)Oc1ccc(Oc2c(C)cc(C(=O)OOC(=O)c3cc(C)c(Oc4ccc(OC(=O)C(=C)C)cc4)c(C)c3)cc2C)cc1. The molecule has 0 aromatic heterocycles. The van der Waals surface area contributed by atoms with E-state index in [2.05, 4.69) is 13.2 Å². The van der Waals surface area contributed by atoms with Gasteiger partial charge in [-0.05, 0) is 137 Å². The molecule has 48 heavy (non-hydrogen) atoms. The van der Waals surface area contributed by atoms with E-state index >= 15 is 0 Å². The highest BCUT2D eigenvalue weighted by molar-refractivity contribution is 5.93. The minimum atomic E-state index is -0.865. The van der Waals surface area contributed by atoms with Crippen molar-refractivity contribution in [1.29, 1.82) is 0 Å². The fourth-order valence-electron chi connectivity index (χ4n) is 4.41. The Morgan fingerprint density at radius 3 is 1.02 bits per heavy atom. The first-order valence-electron chi connectivity index (χ1n) is 14.7. The molecule has 0 atom stereocenters. The number of hydrogen-bond acceptors (Lipinski definition) is 10. The largest absolute Gasteiger partial charge is 0.457 e. The van der Waals surface area contributed by atoms with Crippen LogP contribution in [0.2, 0.25) is 0 Å². The van der Waals surface area contributed by atoms with E-state index in [9.17, 15) is 19.2 Å². The molecule has 0 fully saturated rings. The van der Waals surface area contributed by atoms with Crippen LogP contribution in [-0.4, -0.2) is 23.9 Å². The molecule has 0 heterocycles. The zero-order valence-corrected chi connectivity index (χ0v) is 27.4. The third kappa shape index (κ3) is 8.76. The Bertz CT molecular complexity index is 1730. The fraction of sp³-hybridized carbons (Fsp3) is 0.158. The zero-order chi connectivity index (χ0) is 35.1. The summed E-state index contributed by atoms with van der Waals surface area (Å²) in [5.74, 6) is -0.0760. The maximum absolute atomic E-state index is 12.8. The molecule has 0 amide bonds. The van der Waals surface area contributed by atoms with Crippen LogP contribution in [-0.2, 0) is 19.4 Å². The first kappa shape index (κ1) is 34.7. The van der Waals surface area contributed by atoms with Crippen molar-refractivity contribution in [3.05, 3.63) is 130 Å². The molecular formula is C38H34O10. The molecule has 0 saturated heterocycles. The first-order chi connectivity index (χ1) is 22.7. The van der Waals surface area contributed by atoms with E-state index in [-0.39, 0.29) is 22.3 Å². The van der Waals surface area contributed by atoms with Crippen LogP contribution >= 0.6 is 0 Å². The van der Waals surface area contributed by atoms with Crippen LogP contribution in [0.3, 0.4) is 0 Å². The quantitative estimate of drug-likeness (QED) is 0.0543. The first-order valence-corrected chi connectivity index (χ1v) is 14.7. The molecule has 4 rings (SSSR count). The van der Waals surface area contributed by atoms with Gasteiger partial charge in [0.2, 0.25) is 0 Å². The van der Waals surface area contributed by atoms with Crippen LogP contribution in [0.15, 0.2) is 97.1 Å². The van der Waals surface area contributed by atoms with Crippen LogP contribution < -0.4 is 18.9 Å². The summed E-state index contributed by atoms with van der Waals surface area (Å²) in [5, 5.41) is 0. The average molecular weight is 651 g/mol. The second kappa shape index (κ2) is 15.0. The molecule has 0 bridgehead atoms. The van der Waals surface area contributed by atoms with Gasteiger partial charge in [-0.15, -0.1) is 0 Å². The van der Waals surface area contributed by atoms with Gasteiger partial charge in [-0.3, -0.25) is 0 Å². The van der Waals surface area contributed by atoms with Gasteiger partial charge in [0.05, 0.1) is 11.1 Å². The molecule has 0 radical (unpaired) electrons. The molecule has 0 spiro atoms. The summed E-state index contributed by atoms with van der Waals surface area (Å²) >= 11 is 0. The summed E-state index contributed by atoms with van der Waals surface area (Å²) in [6.45, 7) is 17.3. The zero-order valence-electron chi connectivity index (χ0n) is 27.4. The van der Waals surface area contributed by atoms with Crippen molar-refractivity contribution in [2.75, 3.05) is 0 Å². The summed E-state index contributed by atoms with van der Waals surface area (Å²) in [6, 6.07) is 19.2. The second-order valence-corrected chi connectivity index (χ2v) is 11.1. The van der Waals surface area contributed by atoms with Crippen LogP contribution in [0.25, 0.3) is 0 Å². The molecule has 0 aliphatic heterocycles. The minimum absolute atomic E-state index is 0.156. The number of carbonyl (C=O) groups excluding carboxylic acids is 4. The molecule has 4 aromatic carbocycles. The van der Waals surface area contributed by atoms with E-state index in [1.807, 2.05) is 0 Å². The van der Waals surface area contributed by atoms with Crippen LogP contribution in [0.4, 0.5) is 0 Å². The lowest BCUT2D eigenvalue weighted by molar-refractivity contribution is -0.187. The molecule has 0 unspecified atom stereocenters. The maximum Gasteiger partial charge on any atom is 0.386 e. The Morgan fingerprint density at radius 2 is 0.750 bits per heavy atom. The number of ether oxygens (including phenoxy) is 4. The number of rotatable bonds is 10. The molecule has 246 valence electrons. The lowest BCUT2D eigenvalue weighted by atomic mass is 10.1. The Hall–Kier alpha value is -6.16. The summed E-state index contributed by atoms with van der Waals surface area (Å²) in [6.07, 6.45) is 0.